The number of thioether (sulfide) groups is 1. The average Bonchev–Trinajstić information content (AvgIpc) is 2.83. The zero-order chi connectivity index (χ0) is 24.5. The Kier molecular flexibility index (Phi) is 11.9. The number of ether oxygens (including phenoxy) is 1. The van der Waals surface area contributed by atoms with Crippen molar-refractivity contribution in [1.29, 1.82) is 0 Å². The summed E-state index contributed by atoms with van der Waals surface area (Å²) in [7, 11) is 0. The summed E-state index contributed by atoms with van der Waals surface area (Å²) in [6.45, 7) is 2.77. The SMILES string of the molecule is CSCC[C@H](NC(=O)c1ccc(COCc2ccc(Cl)cc2)cc1-c1ccccc1C)C(=O)[O-].[Li+]. The van der Waals surface area contributed by atoms with Gasteiger partial charge in [0, 0.05) is 10.6 Å². The summed E-state index contributed by atoms with van der Waals surface area (Å²) in [6, 6.07) is 19.7. The van der Waals surface area contributed by atoms with Crippen LogP contribution in [0.15, 0.2) is 66.7 Å². The summed E-state index contributed by atoms with van der Waals surface area (Å²) < 4.78 is 5.88. The number of hydrogen-bond acceptors (Lipinski definition) is 5. The van der Waals surface area contributed by atoms with Crippen LogP contribution in [0, 0.1) is 6.92 Å². The van der Waals surface area contributed by atoms with E-state index in [1.807, 2.05) is 73.8 Å². The number of carbonyl (C=O) groups is 2. The van der Waals surface area contributed by atoms with Gasteiger partial charge >= 0.3 is 18.9 Å². The molecule has 5 nitrogen and oxygen atoms in total. The third-order valence-corrected chi connectivity index (χ3v) is 6.31. The smallest absolute Gasteiger partial charge is 0.548 e. The van der Waals surface area contributed by atoms with Crippen molar-refractivity contribution in [3.63, 3.8) is 0 Å². The van der Waals surface area contributed by atoms with Gasteiger partial charge < -0.3 is 20.0 Å². The molecule has 0 aromatic heterocycles. The van der Waals surface area contributed by atoms with E-state index in [4.69, 9.17) is 16.3 Å². The van der Waals surface area contributed by atoms with Crippen molar-refractivity contribution in [2.45, 2.75) is 32.6 Å². The van der Waals surface area contributed by atoms with Crippen LogP contribution in [0.25, 0.3) is 11.1 Å². The average molecular weight is 504 g/mol. The summed E-state index contributed by atoms with van der Waals surface area (Å²) >= 11 is 7.45. The van der Waals surface area contributed by atoms with Gasteiger partial charge in [0.15, 0.2) is 0 Å². The monoisotopic (exact) mass is 503 g/mol. The number of rotatable bonds is 11. The third-order valence-electron chi connectivity index (χ3n) is 5.42. The minimum Gasteiger partial charge on any atom is -0.548 e. The normalized spacial score (nSPS) is 11.4. The van der Waals surface area contributed by atoms with Gasteiger partial charge in [-0.3, -0.25) is 4.79 Å². The van der Waals surface area contributed by atoms with E-state index in [0.717, 1.165) is 27.8 Å². The Hall–Kier alpha value is -2.20. The molecular formula is C27H27ClLiNO4S. The molecule has 0 aliphatic rings. The number of hydrogen-bond donors (Lipinski definition) is 1. The van der Waals surface area contributed by atoms with Gasteiger partial charge in [-0.25, -0.2) is 0 Å². The number of benzene rings is 3. The van der Waals surface area contributed by atoms with Crippen LogP contribution in [0.1, 0.15) is 33.5 Å². The van der Waals surface area contributed by atoms with Gasteiger partial charge in [-0.15, -0.1) is 0 Å². The number of aryl methyl sites for hydroxylation is 1. The van der Waals surface area contributed by atoms with Crippen molar-refractivity contribution in [2.24, 2.45) is 0 Å². The molecule has 3 aromatic rings. The van der Waals surface area contributed by atoms with Crippen LogP contribution in [-0.2, 0) is 22.7 Å². The molecule has 0 saturated carbocycles. The first kappa shape index (κ1) is 29.0. The van der Waals surface area contributed by atoms with E-state index < -0.39 is 17.9 Å². The molecule has 3 rings (SSSR count). The molecule has 1 N–H and O–H groups in total. The van der Waals surface area contributed by atoms with Gasteiger partial charge in [0.1, 0.15) is 0 Å². The predicted molar refractivity (Wildman–Crippen MR) is 136 cm³/mol. The number of amides is 1. The Morgan fingerprint density at radius 3 is 2.31 bits per heavy atom. The van der Waals surface area contributed by atoms with E-state index in [2.05, 4.69) is 5.32 Å². The molecule has 0 fully saturated rings. The van der Waals surface area contributed by atoms with Gasteiger partial charge in [-0.1, -0.05) is 54.1 Å². The maximum Gasteiger partial charge on any atom is 1.00 e. The van der Waals surface area contributed by atoms with Crippen LogP contribution in [0.3, 0.4) is 0 Å². The van der Waals surface area contributed by atoms with Crippen LogP contribution in [-0.4, -0.2) is 29.9 Å². The minimum absolute atomic E-state index is 0. The Balaban J connectivity index is 0.00000432. The molecule has 1 amide bonds. The summed E-state index contributed by atoms with van der Waals surface area (Å²) in [5.74, 6) is -1.12. The Morgan fingerprint density at radius 1 is 1.00 bits per heavy atom. The fraction of sp³-hybridized carbons (Fsp3) is 0.259. The van der Waals surface area contributed by atoms with E-state index in [1.54, 1.807) is 6.07 Å². The summed E-state index contributed by atoms with van der Waals surface area (Å²) in [5, 5.41) is 14.8. The van der Waals surface area contributed by atoms with E-state index >= 15 is 0 Å². The molecule has 8 heteroatoms. The first-order valence-electron chi connectivity index (χ1n) is 10.9. The van der Waals surface area contributed by atoms with Gasteiger partial charge in [0.2, 0.25) is 0 Å². The van der Waals surface area contributed by atoms with E-state index in [9.17, 15) is 14.7 Å². The quantitative estimate of drug-likeness (QED) is 0.402. The standard InChI is InChI=1S/C27H28ClNO4S.Li/c1-18-5-3-4-6-22(18)24-15-20(17-33-16-19-7-10-21(28)11-8-19)9-12-23(24)26(30)29-25(27(31)32)13-14-34-2;/h3-12,15,25H,13-14,16-17H2,1-2H3,(H,29,30)(H,31,32);/q;+1/p-1/t25-;/m0./s1. The number of aliphatic carboxylic acids is 1. The van der Waals surface area contributed by atoms with Crippen LogP contribution >= 0.6 is 23.4 Å². The Labute approximate surface area is 227 Å². The van der Waals surface area contributed by atoms with E-state index in [1.165, 1.54) is 11.8 Å². The van der Waals surface area contributed by atoms with Crippen LogP contribution in [0.5, 0.6) is 0 Å². The molecule has 0 spiro atoms. The Bertz CT molecular complexity index is 1140. The summed E-state index contributed by atoms with van der Waals surface area (Å²) in [4.78, 5) is 24.6. The Morgan fingerprint density at radius 2 is 1.66 bits per heavy atom. The fourth-order valence-electron chi connectivity index (χ4n) is 3.57. The first-order chi connectivity index (χ1) is 16.4. The van der Waals surface area contributed by atoms with Crippen molar-refractivity contribution in [3.8, 4) is 11.1 Å². The van der Waals surface area contributed by atoms with Gasteiger partial charge in [0.05, 0.1) is 25.2 Å². The van der Waals surface area contributed by atoms with Crippen LogP contribution < -0.4 is 29.3 Å². The number of carboxylic acid groups (broad SMARTS) is 1. The molecule has 3 aromatic carbocycles. The molecule has 1 atom stereocenters. The summed E-state index contributed by atoms with van der Waals surface area (Å²) in [5.41, 5.74) is 4.97. The van der Waals surface area contributed by atoms with Gasteiger partial charge in [-0.05, 0) is 77.4 Å². The van der Waals surface area contributed by atoms with Gasteiger partial charge in [-0.2, -0.15) is 11.8 Å². The zero-order valence-electron chi connectivity index (χ0n) is 20.2. The van der Waals surface area contributed by atoms with Crippen LogP contribution in [0.2, 0.25) is 5.02 Å². The predicted octanol–water partition coefficient (Wildman–Crippen LogP) is 1.64. The van der Waals surface area contributed by atoms with Crippen molar-refractivity contribution < 1.29 is 38.3 Å². The van der Waals surface area contributed by atoms with Crippen molar-refractivity contribution in [2.75, 3.05) is 12.0 Å². The topological polar surface area (TPSA) is 78.5 Å². The largest absolute Gasteiger partial charge is 1.00 e. The fourth-order valence-corrected chi connectivity index (χ4v) is 4.16. The molecule has 0 radical (unpaired) electrons. The zero-order valence-corrected chi connectivity index (χ0v) is 21.7. The first-order valence-corrected chi connectivity index (χ1v) is 12.7. The molecule has 0 aliphatic carbocycles. The second-order valence-corrected chi connectivity index (χ2v) is 9.36. The van der Waals surface area contributed by atoms with E-state index in [-0.39, 0.29) is 18.9 Å². The van der Waals surface area contributed by atoms with Crippen LogP contribution in [0.4, 0.5) is 0 Å². The number of carboxylic acids is 1. The third kappa shape index (κ3) is 8.45. The molecule has 35 heavy (non-hydrogen) atoms. The molecule has 0 bridgehead atoms. The van der Waals surface area contributed by atoms with Crippen molar-refractivity contribution in [1.82, 2.24) is 5.32 Å². The number of nitrogens with one attached hydrogen (secondary N) is 1. The maximum atomic E-state index is 13.1. The maximum absolute atomic E-state index is 13.1. The summed E-state index contributed by atoms with van der Waals surface area (Å²) in [6.07, 6.45) is 2.18. The van der Waals surface area contributed by atoms with Crippen molar-refractivity contribution in [3.05, 3.63) is 94.0 Å². The van der Waals surface area contributed by atoms with Gasteiger partial charge in [0.25, 0.3) is 5.91 Å². The second-order valence-electron chi connectivity index (χ2n) is 7.94. The molecular weight excluding hydrogens is 477 g/mol. The molecule has 0 unspecified atom stereocenters. The molecule has 0 saturated heterocycles. The number of carbonyl (C=O) groups excluding carboxylic acids is 2. The molecule has 0 aliphatic heterocycles. The van der Waals surface area contributed by atoms with E-state index in [0.29, 0.717) is 36.0 Å². The molecule has 0 heterocycles. The minimum atomic E-state index is -1.29. The number of halogens is 1. The molecule has 178 valence electrons. The second kappa shape index (κ2) is 14.4. The van der Waals surface area contributed by atoms with Crippen molar-refractivity contribution >= 4 is 35.2 Å².